The summed E-state index contributed by atoms with van der Waals surface area (Å²) in [6.07, 6.45) is 1.19. The van der Waals surface area contributed by atoms with Gasteiger partial charge in [-0.15, -0.1) is 16.5 Å². The predicted octanol–water partition coefficient (Wildman–Crippen LogP) is 3.82. The first-order chi connectivity index (χ1) is 13.0. The lowest BCUT2D eigenvalue weighted by atomic mass is 10.0. The summed E-state index contributed by atoms with van der Waals surface area (Å²) in [5, 5.41) is 25.6. The van der Waals surface area contributed by atoms with Crippen LogP contribution >= 0.6 is 11.3 Å². The molecular weight excluding hydrogens is 365 g/mol. The normalized spacial score (nSPS) is 26.4. The molecule has 27 heavy (non-hydrogen) atoms. The van der Waals surface area contributed by atoms with Crippen LogP contribution in [0.15, 0.2) is 45.8 Å². The maximum atomic E-state index is 13.8. The van der Waals surface area contributed by atoms with Gasteiger partial charge in [-0.3, -0.25) is 0 Å². The molecule has 2 N–H and O–H groups in total. The molecule has 1 aromatic heterocycles. The molecule has 0 aliphatic carbocycles. The second kappa shape index (κ2) is 7.44. The van der Waals surface area contributed by atoms with Gasteiger partial charge in [0.25, 0.3) is 0 Å². The fraction of sp³-hybridized carbons (Fsp3) is 0.474. The molecule has 3 atom stereocenters. The molecule has 1 unspecified atom stereocenters. The molecule has 2 aromatic rings. The molecule has 2 aliphatic heterocycles. The fourth-order valence-corrected chi connectivity index (χ4v) is 4.61. The number of nitrogens with zero attached hydrogens (tertiary/aromatic N) is 4. The molecule has 1 fully saturated rings. The van der Waals surface area contributed by atoms with Crippen LogP contribution in [0.25, 0.3) is 10.1 Å². The van der Waals surface area contributed by atoms with Gasteiger partial charge in [0.05, 0.1) is 0 Å². The fourth-order valence-electron chi connectivity index (χ4n) is 3.82. The maximum Gasteiger partial charge on any atom is 0.171 e. The van der Waals surface area contributed by atoms with E-state index in [1.54, 1.807) is 11.3 Å². The van der Waals surface area contributed by atoms with E-state index in [0.29, 0.717) is 25.3 Å². The van der Waals surface area contributed by atoms with Gasteiger partial charge in [-0.2, -0.15) is 5.11 Å². The number of piperidine rings is 1. The molecule has 8 heteroatoms. The number of azo groups is 1. The molecular formula is C19H24FN5OS. The van der Waals surface area contributed by atoms with E-state index in [0.717, 1.165) is 22.2 Å². The van der Waals surface area contributed by atoms with Crippen LogP contribution in [0.4, 0.5) is 4.39 Å². The average molecular weight is 390 g/mol. The zero-order chi connectivity index (χ0) is 19.0. The van der Waals surface area contributed by atoms with E-state index in [9.17, 15) is 9.50 Å². The van der Waals surface area contributed by atoms with Gasteiger partial charge < -0.3 is 20.2 Å². The molecule has 0 radical (unpaired) electrons. The van der Waals surface area contributed by atoms with Crippen molar-refractivity contribution in [3.05, 3.63) is 41.2 Å². The Bertz CT molecular complexity index is 872. The van der Waals surface area contributed by atoms with Gasteiger partial charge in [-0.25, -0.2) is 4.39 Å². The number of phenolic OH excluding ortho intramolecular Hbond substituents is 1. The Hall–Kier alpha value is -2.19. The van der Waals surface area contributed by atoms with Crippen LogP contribution in [-0.2, 0) is 0 Å². The lowest BCUT2D eigenvalue weighted by Crippen LogP contribution is -2.48. The van der Waals surface area contributed by atoms with E-state index in [1.807, 2.05) is 53.6 Å². The van der Waals surface area contributed by atoms with E-state index in [1.165, 1.54) is 0 Å². The smallest absolute Gasteiger partial charge is 0.171 e. The SMILES string of the molecule is CCN1C=C(N[C@@H]2C[C@@H](F)CN(C)C2)N=NC1c1ccc2sccc2c1O. The second-order valence-electron chi connectivity index (χ2n) is 7.17. The van der Waals surface area contributed by atoms with Gasteiger partial charge in [0.1, 0.15) is 11.9 Å². The number of aromatic hydroxyl groups is 1. The summed E-state index contributed by atoms with van der Waals surface area (Å²) in [7, 11) is 1.93. The third-order valence-electron chi connectivity index (χ3n) is 5.09. The summed E-state index contributed by atoms with van der Waals surface area (Å²) >= 11 is 1.60. The van der Waals surface area contributed by atoms with Gasteiger partial charge in [0, 0.05) is 53.9 Å². The number of hydrogen-bond donors (Lipinski definition) is 2. The number of likely N-dealkylation sites (tertiary alicyclic amines) is 1. The largest absolute Gasteiger partial charge is 0.507 e. The molecule has 6 nitrogen and oxygen atoms in total. The molecule has 0 bridgehead atoms. The molecule has 1 aromatic carbocycles. The minimum Gasteiger partial charge on any atom is -0.507 e. The number of rotatable bonds is 4. The minimum atomic E-state index is -0.827. The summed E-state index contributed by atoms with van der Waals surface area (Å²) in [6.45, 7) is 4.01. The number of nitrogens with one attached hydrogen (secondary N) is 1. The molecule has 4 rings (SSSR count). The quantitative estimate of drug-likeness (QED) is 0.834. The van der Waals surface area contributed by atoms with Crippen LogP contribution in [0.5, 0.6) is 5.75 Å². The number of thiophene rings is 1. The van der Waals surface area contributed by atoms with E-state index >= 15 is 0 Å². The van der Waals surface area contributed by atoms with Crippen LogP contribution in [0.2, 0.25) is 0 Å². The molecule has 0 saturated carbocycles. The van der Waals surface area contributed by atoms with Crippen molar-refractivity contribution in [1.29, 1.82) is 0 Å². The molecule has 3 heterocycles. The summed E-state index contributed by atoms with van der Waals surface area (Å²) in [4.78, 5) is 4.02. The zero-order valence-corrected chi connectivity index (χ0v) is 16.3. The predicted molar refractivity (Wildman–Crippen MR) is 105 cm³/mol. The third-order valence-corrected chi connectivity index (χ3v) is 5.97. The number of likely N-dealkylation sites (N-methyl/N-ethyl adjacent to an activating group) is 1. The highest BCUT2D eigenvalue weighted by Crippen LogP contribution is 2.39. The number of halogens is 1. The Morgan fingerprint density at radius 1 is 1.33 bits per heavy atom. The standard InChI is InChI=1S/C19H24FN5OS/c1-3-25-11-17(21-13-8-12(20)9-24(2)10-13)22-23-19(25)15-4-5-16-14(18(15)26)6-7-27-16/h4-7,11-13,19,21,26H,3,8-10H2,1-2H3/t12-,13-,19?/m1/s1. The molecule has 1 saturated heterocycles. The number of hydrogen-bond acceptors (Lipinski definition) is 7. The number of fused-ring (bicyclic) bond motifs is 1. The van der Waals surface area contributed by atoms with Crippen LogP contribution in [0, 0.1) is 0 Å². The van der Waals surface area contributed by atoms with Gasteiger partial charge in [-0.05, 0) is 37.6 Å². The number of alkyl halides is 1. The zero-order valence-electron chi connectivity index (χ0n) is 15.5. The molecule has 2 aliphatic rings. The van der Waals surface area contributed by atoms with Gasteiger partial charge >= 0.3 is 0 Å². The van der Waals surface area contributed by atoms with E-state index in [-0.39, 0.29) is 18.0 Å². The molecule has 0 amide bonds. The Morgan fingerprint density at radius 2 is 2.19 bits per heavy atom. The molecule has 144 valence electrons. The summed E-state index contributed by atoms with van der Waals surface area (Å²) in [5.41, 5.74) is 0.739. The number of benzene rings is 1. The first-order valence-electron chi connectivity index (χ1n) is 9.21. The lowest BCUT2D eigenvalue weighted by molar-refractivity contribution is 0.135. The highest BCUT2D eigenvalue weighted by molar-refractivity contribution is 7.17. The topological polar surface area (TPSA) is 63.5 Å². The van der Waals surface area contributed by atoms with E-state index < -0.39 is 6.17 Å². The summed E-state index contributed by atoms with van der Waals surface area (Å²) in [6, 6.07) is 5.85. The van der Waals surface area contributed by atoms with Crippen molar-refractivity contribution < 1.29 is 9.50 Å². The third kappa shape index (κ3) is 3.64. The monoisotopic (exact) mass is 389 g/mol. The van der Waals surface area contributed by atoms with Crippen molar-refractivity contribution in [2.75, 3.05) is 26.7 Å². The highest BCUT2D eigenvalue weighted by Gasteiger charge is 2.28. The van der Waals surface area contributed by atoms with Crippen LogP contribution < -0.4 is 5.32 Å². The van der Waals surface area contributed by atoms with Crippen LogP contribution in [-0.4, -0.2) is 53.8 Å². The van der Waals surface area contributed by atoms with Crippen molar-refractivity contribution >= 4 is 21.4 Å². The highest BCUT2D eigenvalue weighted by atomic mass is 32.1. The first-order valence-corrected chi connectivity index (χ1v) is 10.1. The Balaban J connectivity index is 1.54. The lowest BCUT2D eigenvalue weighted by Gasteiger charge is -2.35. The van der Waals surface area contributed by atoms with Crippen molar-refractivity contribution in [3.63, 3.8) is 0 Å². The second-order valence-corrected chi connectivity index (χ2v) is 8.11. The van der Waals surface area contributed by atoms with Crippen LogP contribution in [0.3, 0.4) is 0 Å². The van der Waals surface area contributed by atoms with Crippen molar-refractivity contribution in [1.82, 2.24) is 15.1 Å². The Kier molecular flexibility index (Phi) is 5.01. The Morgan fingerprint density at radius 3 is 2.96 bits per heavy atom. The van der Waals surface area contributed by atoms with Gasteiger partial charge in [0.15, 0.2) is 12.0 Å². The summed E-state index contributed by atoms with van der Waals surface area (Å²) < 4.78 is 14.9. The minimum absolute atomic E-state index is 0.00904. The maximum absolute atomic E-state index is 13.8. The van der Waals surface area contributed by atoms with Crippen molar-refractivity contribution in [3.8, 4) is 5.75 Å². The van der Waals surface area contributed by atoms with E-state index in [4.69, 9.17) is 0 Å². The summed E-state index contributed by atoms with van der Waals surface area (Å²) in [5.74, 6) is 0.895. The van der Waals surface area contributed by atoms with Gasteiger partial charge in [0.2, 0.25) is 0 Å². The van der Waals surface area contributed by atoms with Crippen molar-refractivity contribution in [2.45, 2.75) is 31.7 Å². The Labute approximate surface area is 162 Å². The van der Waals surface area contributed by atoms with Crippen molar-refractivity contribution in [2.24, 2.45) is 10.2 Å². The average Bonchev–Trinajstić information content (AvgIpc) is 3.11. The van der Waals surface area contributed by atoms with E-state index in [2.05, 4.69) is 15.5 Å². The number of phenols is 1. The first kappa shape index (κ1) is 18.2. The van der Waals surface area contributed by atoms with Crippen LogP contribution in [0.1, 0.15) is 25.1 Å². The molecule has 0 spiro atoms. The van der Waals surface area contributed by atoms with Gasteiger partial charge in [-0.1, -0.05) is 0 Å².